The molecule has 3 aliphatic heterocycles. The van der Waals surface area contributed by atoms with Gasteiger partial charge in [-0.15, -0.1) is 0 Å². The summed E-state index contributed by atoms with van der Waals surface area (Å²) in [7, 11) is 1.70. The zero-order chi connectivity index (χ0) is 23.0. The number of fused-ring (bicyclic) bond motifs is 1. The van der Waals surface area contributed by atoms with Crippen LogP contribution in [0.5, 0.6) is 0 Å². The SMILES string of the molecule is CC(C)CCN1C(N2CCN(Cc3ccc(Cl)c(Cl)c3)CC2)=NC2C1C(=O)NC(=O)N2C. The second kappa shape index (κ2) is 9.45. The van der Waals surface area contributed by atoms with Gasteiger partial charge in [0.15, 0.2) is 18.2 Å². The molecule has 2 fully saturated rings. The zero-order valence-electron chi connectivity index (χ0n) is 18.7. The molecule has 0 radical (unpaired) electrons. The fraction of sp³-hybridized carbons (Fsp3) is 0.591. The Hall–Kier alpha value is -2.03. The normalized spacial score (nSPS) is 24.2. The van der Waals surface area contributed by atoms with Crippen molar-refractivity contribution in [2.24, 2.45) is 10.9 Å². The third-order valence-electron chi connectivity index (χ3n) is 6.33. The smallest absolute Gasteiger partial charge is 0.325 e. The average molecular weight is 481 g/mol. The van der Waals surface area contributed by atoms with Gasteiger partial charge in [-0.3, -0.25) is 15.0 Å². The molecule has 0 aliphatic carbocycles. The van der Waals surface area contributed by atoms with E-state index in [2.05, 4.69) is 33.9 Å². The minimum absolute atomic E-state index is 0.265. The van der Waals surface area contributed by atoms with E-state index < -0.39 is 18.2 Å². The molecule has 4 rings (SSSR count). The first kappa shape index (κ1) is 23.1. The number of nitrogens with zero attached hydrogens (tertiary/aromatic N) is 5. The summed E-state index contributed by atoms with van der Waals surface area (Å²) < 4.78 is 0. The van der Waals surface area contributed by atoms with Gasteiger partial charge >= 0.3 is 6.03 Å². The largest absolute Gasteiger partial charge is 0.340 e. The van der Waals surface area contributed by atoms with Crippen molar-refractivity contribution >= 4 is 41.1 Å². The number of benzene rings is 1. The van der Waals surface area contributed by atoms with Gasteiger partial charge in [-0.05, 0) is 30.0 Å². The van der Waals surface area contributed by atoms with Crippen LogP contribution in [0.25, 0.3) is 0 Å². The molecule has 32 heavy (non-hydrogen) atoms. The van der Waals surface area contributed by atoms with E-state index in [0.717, 1.165) is 57.2 Å². The van der Waals surface area contributed by atoms with Gasteiger partial charge in [-0.1, -0.05) is 43.1 Å². The molecule has 8 nitrogen and oxygen atoms in total. The number of nitrogens with one attached hydrogen (secondary N) is 1. The van der Waals surface area contributed by atoms with Crippen LogP contribution in [0, 0.1) is 5.92 Å². The molecule has 0 aromatic heterocycles. The lowest BCUT2D eigenvalue weighted by molar-refractivity contribution is -0.127. The molecule has 0 bridgehead atoms. The van der Waals surface area contributed by atoms with Crippen molar-refractivity contribution < 1.29 is 9.59 Å². The lowest BCUT2D eigenvalue weighted by Gasteiger charge is -2.40. The molecule has 1 aromatic carbocycles. The van der Waals surface area contributed by atoms with Crippen LogP contribution in [0.3, 0.4) is 0 Å². The van der Waals surface area contributed by atoms with Crippen molar-refractivity contribution in [2.75, 3.05) is 39.8 Å². The lowest BCUT2D eigenvalue weighted by Crippen LogP contribution is -2.64. The number of likely N-dealkylation sites (N-methyl/N-ethyl adjacent to an activating group) is 1. The monoisotopic (exact) mass is 480 g/mol. The second-order valence-corrected chi connectivity index (χ2v) is 9.89. The van der Waals surface area contributed by atoms with Crippen molar-refractivity contribution in [2.45, 2.75) is 39.0 Å². The molecular formula is C22H30Cl2N6O2. The maximum atomic E-state index is 12.7. The van der Waals surface area contributed by atoms with Crippen LogP contribution in [-0.2, 0) is 11.3 Å². The Morgan fingerprint density at radius 2 is 1.84 bits per heavy atom. The molecule has 2 atom stereocenters. The number of imide groups is 1. The highest BCUT2D eigenvalue weighted by Crippen LogP contribution is 2.27. The number of urea groups is 1. The van der Waals surface area contributed by atoms with E-state index in [0.29, 0.717) is 16.0 Å². The van der Waals surface area contributed by atoms with Crippen LogP contribution in [0.1, 0.15) is 25.8 Å². The van der Waals surface area contributed by atoms with Crippen molar-refractivity contribution in [1.29, 1.82) is 0 Å². The number of carbonyl (C=O) groups excluding carboxylic acids is 2. The number of hydrogen-bond donors (Lipinski definition) is 1. The highest BCUT2D eigenvalue weighted by atomic mass is 35.5. The van der Waals surface area contributed by atoms with Crippen LogP contribution in [0.15, 0.2) is 23.2 Å². The Labute approximate surface area is 199 Å². The Morgan fingerprint density at radius 3 is 2.50 bits per heavy atom. The van der Waals surface area contributed by atoms with E-state index in [4.69, 9.17) is 28.2 Å². The maximum Gasteiger partial charge on any atom is 0.325 e. The van der Waals surface area contributed by atoms with Crippen LogP contribution in [0.2, 0.25) is 10.0 Å². The Kier molecular flexibility index (Phi) is 6.83. The minimum atomic E-state index is -0.479. The fourth-order valence-corrected chi connectivity index (χ4v) is 4.73. The highest BCUT2D eigenvalue weighted by molar-refractivity contribution is 6.42. The summed E-state index contributed by atoms with van der Waals surface area (Å²) in [6.07, 6.45) is 0.470. The average Bonchev–Trinajstić information content (AvgIpc) is 3.14. The van der Waals surface area contributed by atoms with Gasteiger partial charge in [0.1, 0.15) is 0 Å². The number of guanidine groups is 1. The molecule has 3 aliphatic rings. The molecule has 3 heterocycles. The van der Waals surface area contributed by atoms with E-state index >= 15 is 0 Å². The van der Waals surface area contributed by atoms with Crippen LogP contribution >= 0.6 is 23.2 Å². The topological polar surface area (TPSA) is 71.5 Å². The van der Waals surface area contributed by atoms with Gasteiger partial charge in [0.2, 0.25) is 0 Å². The molecular weight excluding hydrogens is 451 g/mol. The number of amides is 3. The van der Waals surface area contributed by atoms with Gasteiger partial charge < -0.3 is 14.7 Å². The molecule has 2 saturated heterocycles. The van der Waals surface area contributed by atoms with Crippen molar-refractivity contribution in [3.05, 3.63) is 33.8 Å². The molecule has 0 spiro atoms. The number of hydrogen-bond acceptors (Lipinski definition) is 6. The summed E-state index contributed by atoms with van der Waals surface area (Å²) in [4.78, 5) is 37.9. The predicted molar refractivity (Wildman–Crippen MR) is 126 cm³/mol. The van der Waals surface area contributed by atoms with E-state index in [9.17, 15) is 9.59 Å². The quantitative estimate of drug-likeness (QED) is 0.701. The fourth-order valence-electron chi connectivity index (χ4n) is 4.41. The first-order valence-corrected chi connectivity index (χ1v) is 11.8. The summed E-state index contributed by atoms with van der Waals surface area (Å²) in [5, 5.41) is 3.61. The van der Waals surface area contributed by atoms with Crippen LogP contribution < -0.4 is 5.32 Å². The standard InChI is InChI=1S/C22H30Cl2N6O2/c1-14(2)6-7-30-18-19(27(3)22(32)26-20(18)31)25-21(30)29-10-8-28(9-11-29)13-15-4-5-16(23)17(24)12-15/h4-5,12,14,18-19H,6-11,13H2,1-3H3,(H,26,31,32). The van der Waals surface area contributed by atoms with Gasteiger partial charge in [0.25, 0.3) is 5.91 Å². The molecule has 0 saturated carbocycles. The molecule has 1 N–H and O–H groups in total. The first-order chi connectivity index (χ1) is 15.2. The predicted octanol–water partition coefficient (Wildman–Crippen LogP) is 2.71. The van der Waals surface area contributed by atoms with E-state index in [1.165, 1.54) is 4.90 Å². The van der Waals surface area contributed by atoms with Crippen molar-refractivity contribution in [3.8, 4) is 0 Å². The first-order valence-electron chi connectivity index (χ1n) is 11.1. The Balaban J connectivity index is 1.45. The van der Waals surface area contributed by atoms with Gasteiger partial charge in [0, 0.05) is 46.3 Å². The minimum Gasteiger partial charge on any atom is -0.340 e. The zero-order valence-corrected chi connectivity index (χ0v) is 20.2. The molecule has 2 unspecified atom stereocenters. The summed E-state index contributed by atoms with van der Waals surface area (Å²) in [6, 6.07) is 4.89. The van der Waals surface area contributed by atoms with Gasteiger partial charge in [-0.2, -0.15) is 0 Å². The third-order valence-corrected chi connectivity index (χ3v) is 7.07. The Bertz CT molecular complexity index is 916. The van der Waals surface area contributed by atoms with Gasteiger partial charge in [-0.25, -0.2) is 9.79 Å². The van der Waals surface area contributed by atoms with E-state index in [1.807, 2.05) is 18.2 Å². The second-order valence-electron chi connectivity index (χ2n) is 9.08. The summed E-state index contributed by atoms with van der Waals surface area (Å²) in [5.41, 5.74) is 1.13. The summed E-state index contributed by atoms with van der Waals surface area (Å²) >= 11 is 12.2. The van der Waals surface area contributed by atoms with Crippen molar-refractivity contribution in [1.82, 2.24) is 24.9 Å². The number of aliphatic imine (C=N–C) groups is 1. The number of piperazine rings is 1. The van der Waals surface area contributed by atoms with E-state index in [-0.39, 0.29) is 5.91 Å². The molecule has 10 heteroatoms. The summed E-state index contributed by atoms with van der Waals surface area (Å²) in [5.74, 6) is 1.06. The van der Waals surface area contributed by atoms with Crippen molar-refractivity contribution in [3.63, 3.8) is 0 Å². The third kappa shape index (κ3) is 4.67. The Morgan fingerprint density at radius 1 is 1.12 bits per heavy atom. The molecule has 174 valence electrons. The van der Waals surface area contributed by atoms with Crippen LogP contribution in [0.4, 0.5) is 4.79 Å². The van der Waals surface area contributed by atoms with Gasteiger partial charge in [0.05, 0.1) is 10.0 Å². The molecule has 1 aromatic rings. The lowest BCUT2D eigenvalue weighted by atomic mass is 10.1. The highest BCUT2D eigenvalue weighted by Gasteiger charge is 2.49. The number of carbonyl (C=O) groups is 2. The number of rotatable bonds is 5. The van der Waals surface area contributed by atoms with E-state index in [1.54, 1.807) is 7.05 Å². The molecule has 3 amide bonds. The maximum absolute atomic E-state index is 12.7. The van der Waals surface area contributed by atoms with Crippen LogP contribution in [-0.4, -0.2) is 89.5 Å². The summed E-state index contributed by atoms with van der Waals surface area (Å²) in [6.45, 7) is 9.22. The number of halogens is 2.